The lowest BCUT2D eigenvalue weighted by Gasteiger charge is -2.39. The Hall–Kier alpha value is -4.71. The third kappa shape index (κ3) is 10.6. The molecule has 1 saturated heterocycles. The highest BCUT2D eigenvalue weighted by Crippen LogP contribution is 2.27. The number of hydrogen-bond acceptors (Lipinski definition) is 12. The van der Waals surface area contributed by atoms with Crippen LogP contribution in [0.1, 0.15) is 59.1 Å². The Morgan fingerprint density at radius 1 is 0.902 bits per heavy atom. The number of esters is 1. The number of carboxylic acids is 1. The number of ether oxygens (including phenoxy) is 2. The van der Waals surface area contributed by atoms with Crippen LogP contribution in [0.5, 0.6) is 0 Å². The number of nitrogens with zero attached hydrogens (tertiary/aromatic N) is 1. The van der Waals surface area contributed by atoms with Gasteiger partial charge >= 0.3 is 11.9 Å². The predicted octanol–water partition coefficient (Wildman–Crippen LogP) is -0.848. The van der Waals surface area contributed by atoms with Crippen LogP contribution in [-0.4, -0.2) is 116 Å². The molecule has 17 nitrogen and oxygen atoms in total. The van der Waals surface area contributed by atoms with Gasteiger partial charge in [-0.3, -0.25) is 33.7 Å². The van der Waals surface area contributed by atoms with Crippen LogP contribution in [0.15, 0.2) is 30.4 Å². The second kappa shape index (κ2) is 17.0. The summed E-state index contributed by atoms with van der Waals surface area (Å²) in [6, 6.07) is 2.48. The summed E-state index contributed by atoms with van der Waals surface area (Å²) in [6.07, 6.45) is -6.07. The summed E-state index contributed by atoms with van der Waals surface area (Å²) in [7, 11) is 0. The first-order chi connectivity index (χ1) is 23.7. The van der Waals surface area contributed by atoms with E-state index in [4.69, 9.17) is 9.47 Å². The minimum absolute atomic E-state index is 0.0301. The summed E-state index contributed by atoms with van der Waals surface area (Å²) in [4.78, 5) is 87.2. The Morgan fingerprint density at radius 2 is 1.53 bits per heavy atom. The third-order valence-corrected chi connectivity index (χ3v) is 8.32. The van der Waals surface area contributed by atoms with Gasteiger partial charge in [0.15, 0.2) is 6.10 Å². The fourth-order valence-corrected chi connectivity index (χ4v) is 5.23. The van der Waals surface area contributed by atoms with Crippen molar-refractivity contribution < 1.29 is 63.5 Å². The molecule has 0 radical (unpaired) electrons. The maximum absolute atomic E-state index is 13.2. The van der Waals surface area contributed by atoms with Gasteiger partial charge in [-0.25, -0.2) is 4.79 Å². The summed E-state index contributed by atoms with van der Waals surface area (Å²) < 4.78 is 10.9. The molecule has 17 heteroatoms. The number of aliphatic carboxylic acids is 1. The average molecular weight is 719 g/mol. The standard InChI is InChI=1S/C34H46N4O13/c1-16(2)25(37-22(39)14-38-23(40)11-12-24(38)41)31(46)35-17(3)30(45)36-20-9-7-19(15-50-33(49)34(4,5)6)18(13-20)8-10-21-26(42)27(43)28(44)29(51-21)32(47)48/h7,9,11-13,16-17,21,25-29,42-44H,8,10,14-15H2,1-6H3,(H,35,46)(H,36,45)(H,37,39)(H,47,48)/t17-,21-,25-,26-,27+,28-,29-/m0/s1. The number of aliphatic hydroxyl groups is 3. The number of nitrogens with one attached hydrogen (secondary N) is 3. The van der Waals surface area contributed by atoms with Crippen LogP contribution in [0.25, 0.3) is 0 Å². The summed E-state index contributed by atoms with van der Waals surface area (Å²) in [5, 5.41) is 47.9. The van der Waals surface area contributed by atoms with Crippen LogP contribution < -0.4 is 16.0 Å². The molecular formula is C34H46N4O13. The molecular weight excluding hydrogens is 672 g/mol. The van der Waals surface area contributed by atoms with E-state index in [2.05, 4.69) is 16.0 Å². The van der Waals surface area contributed by atoms with Crippen molar-refractivity contribution in [3.8, 4) is 0 Å². The molecule has 0 spiro atoms. The van der Waals surface area contributed by atoms with Gasteiger partial charge in [-0.15, -0.1) is 0 Å². The molecule has 1 fully saturated rings. The predicted molar refractivity (Wildman–Crippen MR) is 177 cm³/mol. The molecule has 0 aromatic heterocycles. The van der Waals surface area contributed by atoms with E-state index >= 15 is 0 Å². The summed E-state index contributed by atoms with van der Waals surface area (Å²) in [6.45, 7) is 9.05. The number of aryl methyl sites for hydroxylation is 1. The van der Waals surface area contributed by atoms with Crippen molar-refractivity contribution in [3.05, 3.63) is 41.5 Å². The second-order valence-corrected chi connectivity index (χ2v) is 13.9. The lowest BCUT2D eigenvalue weighted by Crippen LogP contribution is -2.59. The number of aliphatic hydroxyl groups excluding tert-OH is 3. The molecule has 7 N–H and O–H groups in total. The number of imide groups is 1. The maximum atomic E-state index is 13.2. The Kier molecular flexibility index (Phi) is 13.6. The van der Waals surface area contributed by atoms with Crippen LogP contribution in [0.2, 0.25) is 0 Å². The molecule has 1 aromatic carbocycles. The van der Waals surface area contributed by atoms with Crippen LogP contribution >= 0.6 is 0 Å². The zero-order valence-corrected chi connectivity index (χ0v) is 29.2. The number of carbonyl (C=O) groups excluding carboxylic acids is 6. The Labute approximate surface area is 294 Å². The molecule has 0 bridgehead atoms. The van der Waals surface area contributed by atoms with E-state index in [0.29, 0.717) is 11.1 Å². The highest BCUT2D eigenvalue weighted by atomic mass is 16.6. The van der Waals surface area contributed by atoms with Crippen LogP contribution in [0.4, 0.5) is 5.69 Å². The summed E-state index contributed by atoms with van der Waals surface area (Å²) >= 11 is 0. The fourth-order valence-electron chi connectivity index (χ4n) is 5.23. The molecule has 1 aromatic rings. The van der Waals surface area contributed by atoms with Crippen molar-refractivity contribution in [1.29, 1.82) is 0 Å². The van der Waals surface area contributed by atoms with Crippen molar-refractivity contribution in [3.63, 3.8) is 0 Å². The van der Waals surface area contributed by atoms with E-state index in [1.807, 2.05) is 0 Å². The number of hydrogen-bond donors (Lipinski definition) is 7. The highest BCUT2D eigenvalue weighted by molar-refractivity contribution is 6.14. The zero-order chi connectivity index (χ0) is 38.4. The van der Waals surface area contributed by atoms with Gasteiger partial charge in [0.1, 0.15) is 43.5 Å². The SMILES string of the molecule is CC(C)[C@H](NC(=O)CN1C(=O)C=CC1=O)C(=O)N[C@@H](C)C(=O)Nc1ccc(COC(=O)C(C)(C)C)c(CC[C@@H]2O[C@H](C(=O)O)[C@@H](O)[C@H](O)[C@H]2O)c1. The number of carboxylic acid groups (broad SMARTS) is 1. The Morgan fingerprint density at radius 3 is 2.10 bits per heavy atom. The molecule has 280 valence electrons. The van der Waals surface area contributed by atoms with Gasteiger partial charge in [-0.05, 0) is 69.7 Å². The molecule has 2 heterocycles. The van der Waals surface area contributed by atoms with E-state index in [1.54, 1.807) is 46.8 Å². The van der Waals surface area contributed by atoms with Gasteiger partial charge in [0.25, 0.3) is 11.8 Å². The highest BCUT2D eigenvalue weighted by Gasteiger charge is 2.46. The first-order valence-electron chi connectivity index (χ1n) is 16.4. The average Bonchev–Trinajstić information content (AvgIpc) is 3.36. The van der Waals surface area contributed by atoms with Crippen LogP contribution in [0, 0.1) is 11.3 Å². The van der Waals surface area contributed by atoms with Crippen molar-refractivity contribution in [2.24, 2.45) is 11.3 Å². The molecule has 0 aliphatic carbocycles. The van der Waals surface area contributed by atoms with E-state index in [0.717, 1.165) is 17.1 Å². The van der Waals surface area contributed by atoms with Gasteiger partial charge in [0.2, 0.25) is 17.7 Å². The Bertz CT molecular complexity index is 1530. The number of amides is 5. The molecule has 5 amide bonds. The monoisotopic (exact) mass is 718 g/mol. The lowest BCUT2D eigenvalue weighted by atomic mass is 9.91. The molecule has 0 unspecified atom stereocenters. The quantitative estimate of drug-likeness (QED) is 0.0915. The summed E-state index contributed by atoms with van der Waals surface area (Å²) in [5.74, 6) is -5.81. The van der Waals surface area contributed by atoms with E-state index < -0.39 is 102 Å². The maximum Gasteiger partial charge on any atom is 0.335 e. The first kappa shape index (κ1) is 40.7. The van der Waals surface area contributed by atoms with E-state index in [-0.39, 0.29) is 25.1 Å². The summed E-state index contributed by atoms with van der Waals surface area (Å²) in [5.41, 5.74) is 0.518. The van der Waals surface area contributed by atoms with Crippen molar-refractivity contribution >= 4 is 47.2 Å². The van der Waals surface area contributed by atoms with E-state index in [1.165, 1.54) is 13.0 Å². The lowest BCUT2D eigenvalue weighted by molar-refractivity contribution is -0.228. The number of benzene rings is 1. The molecule has 51 heavy (non-hydrogen) atoms. The molecule has 2 aliphatic heterocycles. The first-order valence-corrected chi connectivity index (χ1v) is 16.4. The number of anilines is 1. The topological polar surface area (TPSA) is 258 Å². The number of rotatable bonds is 14. The third-order valence-electron chi connectivity index (χ3n) is 8.32. The van der Waals surface area contributed by atoms with Crippen LogP contribution in [0.3, 0.4) is 0 Å². The van der Waals surface area contributed by atoms with Crippen LogP contribution in [-0.2, 0) is 56.1 Å². The van der Waals surface area contributed by atoms with Crippen molar-refractivity contribution in [2.75, 3.05) is 11.9 Å². The van der Waals surface area contributed by atoms with Gasteiger partial charge in [-0.2, -0.15) is 0 Å². The smallest absolute Gasteiger partial charge is 0.335 e. The minimum Gasteiger partial charge on any atom is -0.479 e. The van der Waals surface area contributed by atoms with Gasteiger partial charge in [0.05, 0.1) is 11.5 Å². The Balaban J connectivity index is 1.72. The zero-order valence-electron chi connectivity index (χ0n) is 29.2. The largest absolute Gasteiger partial charge is 0.479 e. The van der Waals surface area contributed by atoms with Gasteiger partial charge in [-0.1, -0.05) is 19.9 Å². The minimum atomic E-state index is -1.85. The molecule has 7 atom stereocenters. The normalized spacial score (nSPS) is 23.1. The second-order valence-electron chi connectivity index (χ2n) is 13.9. The molecule has 2 aliphatic rings. The van der Waals surface area contributed by atoms with E-state index in [9.17, 15) is 54.0 Å². The fraction of sp³-hybridized carbons (Fsp3) is 0.559. The van der Waals surface area contributed by atoms with Gasteiger partial charge in [0, 0.05) is 17.8 Å². The van der Waals surface area contributed by atoms with Gasteiger partial charge < -0.3 is 45.9 Å². The van der Waals surface area contributed by atoms with Crippen molar-refractivity contribution in [2.45, 2.75) is 104 Å². The number of carbonyl (C=O) groups is 7. The molecule has 0 saturated carbocycles. The molecule has 3 rings (SSSR count). The van der Waals surface area contributed by atoms with Crippen molar-refractivity contribution in [1.82, 2.24) is 15.5 Å².